The van der Waals surface area contributed by atoms with E-state index < -0.39 is 0 Å². The SMILES string of the molecule is Cc1ccc(OCCC(=O)Nc2ccc(N3CCNC3=O)cc2)c(C)c1. The second kappa shape index (κ2) is 7.91. The molecule has 6 nitrogen and oxygen atoms in total. The van der Waals surface area contributed by atoms with Gasteiger partial charge in [0.25, 0.3) is 0 Å². The Bertz CT molecular complexity index is 802. The number of rotatable bonds is 6. The zero-order valence-corrected chi connectivity index (χ0v) is 15.0. The zero-order valence-electron chi connectivity index (χ0n) is 15.0. The topological polar surface area (TPSA) is 70.7 Å². The van der Waals surface area contributed by atoms with E-state index in [1.807, 2.05) is 38.1 Å². The van der Waals surface area contributed by atoms with Crippen LogP contribution in [0.4, 0.5) is 16.2 Å². The van der Waals surface area contributed by atoms with E-state index in [1.165, 1.54) is 5.56 Å². The molecule has 0 spiro atoms. The second-order valence-corrected chi connectivity index (χ2v) is 6.35. The first-order chi connectivity index (χ1) is 12.5. The Morgan fingerprint density at radius 1 is 1.19 bits per heavy atom. The van der Waals surface area contributed by atoms with E-state index in [2.05, 4.69) is 16.7 Å². The van der Waals surface area contributed by atoms with E-state index in [0.29, 0.717) is 25.4 Å². The summed E-state index contributed by atoms with van der Waals surface area (Å²) in [5, 5.41) is 5.60. The third-order valence-electron chi connectivity index (χ3n) is 4.24. The number of hydrogen-bond acceptors (Lipinski definition) is 3. The van der Waals surface area contributed by atoms with Crippen molar-refractivity contribution in [3.63, 3.8) is 0 Å². The molecule has 0 bridgehead atoms. The molecular formula is C20H23N3O3. The van der Waals surface area contributed by atoms with Gasteiger partial charge in [-0.1, -0.05) is 17.7 Å². The average Bonchev–Trinajstić information content (AvgIpc) is 3.03. The molecule has 2 aromatic carbocycles. The van der Waals surface area contributed by atoms with Gasteiger partial charge in [-0.3, -0.25) is 9.69 Å². The third kappa shape index (κ3) is 4.33. The van der Waals surface area contributed by atoms with Crippen LogP contribution >= 0.6 is 0 Å². The molecule has 26 heavy (non-hydrogen) atoms. The predicted octanol–water partition coefficient (Wildman–Crippen LogP) is 3.24. The number of hydrogen-bond donors (Lipinski definition) is 2. The van der Waals surface area contributed by atoms with Crippen molar-refractivity contribution in [2.45, 2.75) is 20.3 Å². The van der Waals surface area contributed by atoms with Crippen molar-refractivity contribution in [3.05, 3.63) is 53.6 Å². The molecule has 2 N–H and O–H groups in total. The lowest BCUT2D eigenvalue weighted by Crippen LogP contribution is -2.27. The van der Waals surface area contributed by atoms with Crippen LogP contribution in [0.2, 0.25) is 0 Å². The number of carbonyl (C=O) groups is 2. The number of carbonyl (C=O) groups excluding carboxylic acids is 2. The molecule has 0 atom stereocenters. The summed E-state index contributed by atoms with van der Waals surface area (Å²) >= 11 is 0. The highest BCUT2D eigenvalue weighted by Gasteiger charge is 2.20. The number of anilines is 2. The van der Waals surface area contributed by atoms with Gasteiger partial charge in [0.15, 0.2) is 0 Å². The van der Waals surface area contributed by atoms with Crippen molar-refractivity contribution in [1.29, 1.82) is 0 Å². The first kappa shape index (κ1) is 17.8. The van der Waals surface area contributed by atoms with E-state index in [9.17, 15) is 9.59 Å². The molecule has 1 aliphatic heterocycles. The van der Waals surface area contributed by atoms with Crippen LogP contribution in [0.5, 0.6) is 5.75 Å². The zero-order chi connectivity index (χ0) is 18.5. The normalized spacial score (nSPS) is 13.5. The summed E-state index contributed by atoms with van der Waals surface area (Å²) in [7, 11) is 0. The maximum absolute atomic E-state index is 12.1. The largest absolute Gasteiger partial charge is 0.493 e. The van der Waals surface area contributed by atoms with Crippen LogP contribution in [0, 0.1) is 13.8 Å². The average molecular weight is 353 g/mol. The summed E-state index contributed by atoms with van der Waals surface area (Å²) in [4.78, 5) is 25.4. The summed E-state index contributed by atoms with van der Waals surface area (Å²) in [6, 6.07) is 13.1. The molecule has 1 aliphatic rings. The summed E-state index contributed by atoms with van der Waals surface area (Å²) < 4.78 is 5.69. The number of aryl methyl sites for hydroxylation is 2. The number of nitrogens with zero attached hydrogens (tertiary/aromatic N) is 1. The van der Waals surface area contributed by atoms with E-state index in [0.717, 1.165) is 17.0 Å². The van der Waals surface area contributed by atoms with Crippen molar-refractivity contribution in [3.8, 4) is 5.75 Å². The molecule has 0 radical (unpaired) electrons. The second-order valence-electron chi connectivity index (χ2n) is 6.35. The fourth-order valence-electron chi connectivity index (χ4n) is 2.88. The van der Waals surface area contributed by atoms with Gasteiger partial charge in [0.1, 0.15) is 5.75 Å². The van der Waals surface area contributed by atoms with Crippen LogP contribution in [0.1, 0.15) is 17.5 Å². The van der Waals surface area contributed by atoms with E-state index in [4.69, 9.17) is 4.74 Å². The minimum absolute atomic E-state index is 0.0923. The Balaban J connectivity index is 1.48. The van der Waals surface area contributed by atoms with Crippen molar-refractivity contribution < 1.29 is 14.3 Å². The minimum Gasteiger partial charge on any atom is -0.493 e. The highest BCUT2D eigenvalue weighted by molar-refractivity contribution is 5.95. The van der Waals surface area contributed by atoms with Gasteiger partial charge >= 0.3 is 6.03 Å². The smallest absolute Gasteiger partial charge is 0.321 e. The van der Waals surface area contributed by atoms with E-state index in [-0.39, 0.29) is 18.4 Å². The predicted molar refractivity (Wildman–Crippen MR) is 102 cm³/mol. The van der Waals surface area contributed by atoms with Crippen LogP contribution in [0.25, 0.3) is 0 Å². The third-order valence-corrected chi connectivity index (χ3v) is 4.24. The molecule has 0 aromatic heterocycles. The molecule has 0 saturated carbocycles. The molecular weight excluding hydrogens is 330 g/mol. The van der Waals surface area contributed by atoms with Gasteiger partial charge in [0.2, 0.25) is 5.91 Å². The minimum atomic E-state index is -0.110. The van der Waals surface area contributed by atoms with E-state index in [1.54, 1.807) is 17.0 Å². The highest BCUT2D eigenvalue weighted by Crippen LogP contribution is 2.20. The Labute approximate surface area is 153 Å². The molecule has 2 aromatic rings. The summed E-state index contributed by atoms with van der Waals surface area (Å²) in [6.45, 7) is 5.65. The summed E-state index contributed by atoms with van der Waals surface area (Å²) in [5.41, 5.74) is 3.76. The standard InChI is InChI=1S/C20H23N3O3/c1-14-3-8-18(15(2)13-14)26-12-9-19(24)22-16-4-6-17(7-5-16)23-11-10-21-20(23)25/h3-8,13H,9-12H2,1-2H3,(H,21,25)(H,22,24). The van der Waals surface area contributed by atoms with Crippen LogP contribution in [-0.2, 0) is 4.79 Å². The molecule has 136 valence electrons. The molecule has 0 aliphatic carbocycles. The number of benzene rings is 2. The van der Waals surface area contributed by atoms with Gasteiger partial charge in [-0.2, -0.15) is 0 Å². The van der Waals surface area contributed by atoms with Gasteiger partial charge < -0.3 is 15.4 Å². The van der Waals surface area contributed by atoms with Gasteiger partial charge in [-0.25, -0.2) is 4.79 Å². The lowest BCUT2D eigenvalue weighted by Gasteiger charge is -2.15. The Kier molecular flexibility index (Phi) is 5.41. The van der Waals surface area contributed by atoms with Crippen LogP contribution in [0.3, 0.4) is 0 Å². The van der Waals surface area contributed by atoms with Gasteiger partial charge in [-0.05, 0) is 49.7 Å². The first-order valence-corrected chi connectivity index (χ1v) is 8.68. The first-order valence-electron chi connectivity index (χ1n) is 8.68. The van der Waals surface area contributed by atoms with Crippen LogP contribution in [0.15, 0.2) is 42.5 Å². The Hall–Kier alpha value is -3.02. The Morgan fingerprint density at radius 2 is 1.96 bits per heavy atom. The molecule has 6 heteroatoms. The molecule has 1 fully saturated rings. The quantitative estimate of drug-likeness (QED) is 0.837. The fraction of sp³-hybridized carbons (Fsp3) is 0.300. The van der Waals surface area contributed by atoms with Crippen molar-refractivity contribution in [2.75, 3.05) is 29.9 Å². The maximum Gasteiger partial charge on any atom is 0.321 e. The van der Waals surface area contributed by atoms with Gasteiger partial charge in [0, 0.05) is 24.5 Å². The van der Waals surface area contributed by atoms with Crippen molar-refractivity contribution >= 4 is 23.3 Å². The maximum atomic E-state index is 12.1. The molecule has 0 unspecified atom stereocenters. The molecule has 3 rings (SSSR count). The van der Waals surface area contributed by atoms with Gasteiger partial charge in [-0.15, -0.1) is 0 Å². The van der Waals surface area contributed by atoms with Crippen molar-refractivity contribution in [2.24, 2.45) is 0 Å². The highest BCUT2D eigenvalue weighted by atomic mass is 16.5. The number of nitrogens with one attached hydrogen (secondary N) is 2. The van der Waals surface area contributed by atoms with Gasteiger partial charge in [0.05, 0.1) is 13.0 Å². The molecule has 1 saturated heterocycles. The summed E-state index contributed by atoms with van der Waals surface area (Å²) in [6.07, 6.45) is 0.267. The van der Waals surface area contributed by atoms with Crippen LogP contribution in [-0.4, -0.2) is 31.6 Å². The fourth-order valence-corrected chi connectivity index (χ4v) is 2.88. The van der Waals surface area contributed by atoms with E-state index >= 15 is 0 Å². The molecule has 1 heterocycles. The number of urea groups is 1. The lowest BCUT2D eigenvalue weighted by molar-refractivity contribution is -0.116. The number of ether oxygens (including phenoxy) is 1. The number of amides is 3. The molecule has 3 amide bonds. The summed E-state index contributed by atoms with van der Waals surface area (Å²) in [5.74, 6) is 0.693. The lowest BCUT2D eigenvalue weighted by atomic mass is 10.1. The Morgan fingerprint density at radius 3 is 2.62 bits per heavy atom. The van der Waals surface area contributed by atoms with Crippen molar-refractivity contribution in [1.82, 2.24) is 5.32 Å². The van der Waals surface area contributed by atoms with Crippen LogP contribution < -0.4 is 20.3 Å². The monoisotopic (exact) mass is 353 g/mol.